The predicted molar refractivity (Wildman–Crippen MR) is 84.6 cm³/mol. The number of nitrogens with one attached hydrogen (secondary N) is 2. The van der Waals surface area contributed by atoms with Gasteiger partial charge in [-0.25, -0.2) is 0 Å². The van der Waals surface area contributed by atoms with Crippen molar-refractivity contribution in [2.75, 3.05) is 19.6 Å². The number of H-pyrrole nitrogens is 1. The number of pyridine rings is 1. The van der Waals surface area contributed by atoms with E-state index >= 15 is 0 Å². The van der Waals surface area contributed by atoms with E-state index in [9.17, 15) is 4.79 Å². The van der Waals surface area contributed by atoms with Crippen molar-refractivity contribution in [3.05, 3.63) is 46.2 Å². The minimum Gasteiger partial charge on any atom is -0.322 e. The molecule has 0 amide bonds. The molecule has 0 bridgehead atoms. The van der Waals surface area contributed by atoms with Gasteiger partial charge in [-0.15, -0.1) is 12.4 Å². The first-order valence-corrected chi connectivity index (χ1v) is 6.80. The number of benzene rings is 1. The van der Waals surface area contributed by atoms with Crippen molar-refractivity contribution < 1.29 is 0 Å². The van der Waals surface area contributed by atoms with Crippen LogP contribution in [0.4, 0.5) is 0 Å². The van der Waals surface area contributed by atoms with Crippen LogP contribution in [-0.2, 0) is 6.54 Å². The van der Waals surface area contributed by atoms with Gasteiger partial charge in [-0.3, -0.25) is 9.69 Å². The smallest absolute Gasteiger partial charge is 0.252 e. The van der Waals surface area contributed by atoms with Gasteiger partial charge in [0.15, 0.2) is 0 Å². The lowest BCUT2D eigenvalue weighted by Gasteiger charge is -2.33. The molecule has 5 heteroatoms. The number of halogens is 1. The first-order chi connectivity index (χ1) is 9.24. The zero-order valence-corrected chi connectivity index (χ0v) is 12.4. The number of aromatic amines is 1. The Labute approximate surface area is 124 Å². The Morgan fingerprint density at radius 2 is 2.15 bits per heavy atom. The van der Waals surface area contributed by atoms with E-state index in [1.807, 2.05) is 30.3 Å². The number of aromatic nitrogens is 1. The van der Waals surface area contributed by atoms with Gasteiger partial charge in [0.25, 0.3) is 5.56 Å². The van der Waals surface area contributed by atoms with Crippen molar-refractivity contribution in [3.63, 3.8) is 0 Å². The highest BCUT2D eigenvalue weighted by atomic mass is 35.5. The van der Waals surface area contributed by atoms with Crippen LogP contribution in [0.25, 0.3) is 10.9 Å². The molecule has 0 saturated carbocycles. The molecule has 20 heavy (non-hydrogen) atoms. The van der Waals surface area contributed by atoms with Crippen LogP contribution in [0.2, 0.25) is 0 Å². The van der Waals surface area contributed by atoms with Crippen LogP contribution in [0.3, 0.4) is 0 Å². The molecule has 0 unspecified atom stereocenters. The van der Waals surface area contributed by atoms with Crippen molar-refractivity contribution in [1.82, 2.24) is 15.2 Å². The molecule has 1 aliphatic rings. The average molecular weight is 294 g/mol. The van der Waals surface area contributed by atoms with E-state index in [1.54, 1.807) is 0 Å². The highest BCUT2D eigenvalue weighted by molar-refractivity contribution is 5.85. The van der Waals surface area contributed by atoms with Crippen molar-refractivity contribution in [2.45, 2.75) is 19.5 Å². The third kappa shape index (κ3) is 3.03. The second kappa shape index (κ2) is 6.39. The van der Waals surface area contributed by atoms with Gasteiger partial charge in [0, 0.05) is 43.3 Å². The maximum Gasteiger partial charge on any atom is 0.252 e. The first kappa shape index (κ1) is 15.0. The molecular formula is C15H20ClN3O. The number of hydrogen-bond donors (Lipinski definition) is 2. The van der Waals surface area contributed by atoms with E-state index < -0.39 is 0 Å². The van der Waals surface area contributed by atoms with E-state index in [0.717, 1.165) is 42.6 Å². The van der Waals surface area contributed by atoms with Crippen molar-refractivity contribution in [2.24, 2.45) is 0 Å². The number of para-hydroxylation sites is 1. The van der Waals surface area contributed by atoms with Gasteiger partial charge in [0.05, 0.1) is 0 Å². The summed E-state index contributed by atoms with van der Waals surface area (Å²) in [5.74, 6) is 0. The number of piperazine rings is 1. The van der Waals surface area contributed by atoms with Gasteiger partial charge in [-0.2, -0.15) is 0 Å². The molecule has 2 heterocycles. The maximum absolute atomic E-state index is 12.1. The molecule has 1 aromatic carbocycles. The van der Waals surface area contributed by atoms with Crippen LogP contribution < -0.4 is 10.9 Å². The summed E-state index contributed by atoms with van der Waals surface area (Å²) in [6.07, 6.45) is 0. The third-order valence-corrected chi connectivity index (χ3v) is 3.84. The van der Waals surface area contributed by atoms with Crippen LogP contribution in [-0.4, -0.2) is 35.6 Å². The fourth-order valence-corrected chi connectivity index (χ4v) is 2.65. The summed E-state index contributed by atoms with van der Waals surface area (Å²) in [6, 6.07) is 10.4. The minimum absolute atomic E-state index is 0. The Morgan fingerprint density at radius 1 is 1.35 bits per heavy atom. The fraction of sp³-hybridized carbons (Fsp3) is 0.400. The summed E-state index contributed by atoms with van der Waals surface area (Å²) >= 11 is 0. The van der Waals surface area contributed by atoms with Crippen LogP contribution in [0, 0.1) is 0 Å². The molecule has 4 nitrogen and oxygen atoms in total. The molecule has 2 N–H and O–H groups in total. The molecule has 2 aromatic rings. The minimum atomic E-state index is 0. The number of rotatable bonds is 2. The highest BCUT2D eigenvalue weighted by Gasteiger charge is 2.18. The first-order valence-electron chi connectivity index (χ1n) is 6.80. The Bertz CT molecular complexity index is 640. The molecule has 108 valence electrons. The molecular weight excluding hydrogens is 274 g/mol. The summed E-state index contributed by atoms with van der Waals surface area (Å²) in [6.45, 7) is 5.90. The summed E-state index contributed by atoms with van der Waals surface area (Å²) < 4.78 is 0. The Morgan fingerprint density at radius 3 is 2.95 bits per heavy atom. The van der Waals surface area contributed by atoms with Gasteiger partial charge in [-0.05, 0) is 24.4 Å². The van der Waals surface area contributed by atoms with Gasteiger partial charge in [0.1, 0.15) is 0 Å². The molecule has 0 spiro atoms. The summed E-state index contributed by atoms with van der Waals surface area (Å²) in [4.78, 5) is 17.4. The lowest BCUT2D eigenvalue weighted by atomic mass is 10.1. The second-order valence-corrected chi connectivity index (χ2v) is 5.23. The molecule has 1 atom stereocenters. The number of nitrogens with zero attached hydrogens (tertiary/aromatic N) is 1. The van der Waals surface area contributed by atoms with Gasteiger partial charge >= 0.3 is 0 Å². The normalized spacial score (nSPS) is 19.8. The monoisotopic (exact) mass is 293 g/mol. The molecule has 1 aliphatic heterocycles. The Kier molecular flexibility index (Phi) is 4.81. The van der Waals surface area contributed by atoms with E-state index in [2.05, 4.69) is 22.1 Å². The van der Waals surface area contributed by atoms with E-state index in [4.69, 9.17) is 0 Å². The topological polar surface area (TPSA) is 48.1 Å². The van der Waals surface area contributed by atoms with Crippen LogP contribution >= 0.6 is 12.4 Å². The molecule has 3 rings (SSSR count). The van der Waals surface area contributed by atoms with Crippen molar-refractivity contribution in [3.8, 4) is 0 Å². The quantitative estimate of drug-likeness (QED) is 0.887. The maximum atomic E-state index is 12.1. The summed E-state index contributed by atoms with van der Waals surface area (Å²) in [7, 11) is 0. The zero-order valence-electron chi connectivity index (χ0n) is 11.6. The average Bonchev–Trinajstić information content (AvgIpc) is 2.42. The number of fused-ring (bicyclic) bond motifs is 1. The fourth-order valence-electron chi connectivity index (χ4n) is 2.65. The predicted octanol–water partition coefficient (Wildman–Crippen LogP) is 1.74. The van der Waals surface area contributed by atoms with E-state index in [-0.39, 0.29) is 18.0 Å². The Balaban J connectivity index is 0.00000147. The Hall–Kier alpha value is -1.36. The SMILES string of the molecule is C[C@@H]1CNCCN1Cc1cc2ccccc2[nH]c1=O.Cl. The highest BCUT2D eigenvalue weighted by Crippen LogP contribution is 2.13. The van der Waals surface area contributed by atoms with Crippen molar-refractivity contribution in [1.29, 1.82) is 0 Å². The van der Waals surface area contributed by atoms with Crippen LogP contribution in [0.1, 0.15) is 12.5 Å². The summed E-state index contributed by atoms with van der Waals surface area (Å²) in [5.41, 5.74) is 1.79. The van der Waals surface area contributed by atoms with Crippen molar-refractivity contribution >= 4 is 23.3 Å². The van der Waals surface area contributed by atoms with E-state index in [0.29, 0.717) is 6.04 Å². The number of hydrogen-bond acceptors (Lipinski definition) is 3. The molecule has 1 fully saturated rings. The lowest BCUT2D eigenvalue weighted by Crippen LogP contribution is -2.49. The third-order valence-electron chi connectivity index (χ3n) is 3.84. The molecule has 1 saturated heterocycles. The largest absolute Gasteiger partial charge is 0.322 e. The van der Waals surface area contributed by atoms with E-state index in [1.165, 1.54) is 0 Å². The summed E-state index contributed by atoms with van der Waals surface area (Å²) in [5, 5.41) is 4.46. The van der Waals surface area contributed by atoms with Gasteiger partial charge < -0.3 is 10.3 Å². The molecule has 0 radical (unpaired) electrons. The standard InChI is InChI=1S/C15H19N3O.ClH/c1-11-9-16-6-7-18(11)10-13-8-12-4-2-3-5-14(12)17-15(13)19;/h2-5,8,11,16H,6-7,9-10H2,1H3,(H,17,19);1H/t11-;/m1./s1. The molecule has 0 aliphatic carbocycles. The van der Waals surface area contributed by atoms with Crippen LogP contribution in [0.15, 0.2) is 35.1 Å². The van der Waals surface area contributed by atoms with Crippen LogP contribution in [0.5, 0.6) is 0 Å². The second-order valence-electron chi connectivity index (χ2n) is 5.23. The lowest BCUT2D eigenvalue weighted by molar-refractivity contribution is 0.165. The van der Waals surface area contributed by atoms with Gasteiger partial charge in [0.2, 0.25) is 0 Å². The molecule has 1 aromatic heterocycles. The van der Waals surface area contributed by atoms with Gasteiger partial charge in [-0.1, -0.05) is 18.2 Å². The zero-order chi connectivity index (χ0) is 13.2.